The van der Waals surface area contributed by atoms with Gasteiger partial charge in [-0.05, 0) is 30.3 Å². The number of nitro benzene ring substituents is 1. The summed E-state index contributed by atoms with van der Waals surface area (Å²) in [5.41, 5.74) is 0.671. The minimum atomic E-state index is -0.506. The number of halogens is 2. The van der Waals surface area contributed by atoms with E-state index < -0.39 is 10.8 Å². The summed E-state index contributed by atoms with van der Waals surface area (Å²) in [5.74, 6) is -0.456. The van der Waals surface area contributed by atoms with Gasteiger partial charge in [-0.1, -0.05) is 35.3 Å². The fraction of sp³-hybridized carbons (Fsp3) is 0. The molecule has 0 fully saturated rings. The molecule has 22 heavy (non-hydrogen) atoms. The predicted molar refractivity (Wildman–Crippen MR) is 87.2 cm³/mol. The monoisotopic (exact) mass is 336 g/mol. The van der Waals surface area contributed by atoms with E-state index in [1.54, 1.807) is 30.3 Å². The van der Waals surface area contributed by atoms with Crippen molar-refractivity contribution in [1.82, 2.24) is 0 Å². The van der Waals surface area contributed by atoms with Crippen LogP contribution in [-0.4, -0.2) is 10.8 Å². The molecule has 1 N–H and O–H groups in total. The van der Waals surface area contributed by atoms with E-state index in [1.807, 2.05) is 0 Å². The number of anilines is 1. The van der Waals surface area contributed by atoms with Gasteiger partial charge < -0.3 is 5.32 Å². The van der Waals surface area contributed by atoms with E-state index in [2.05, 4.69) is 5.32 Å². The van der Waals surface area contributed by atoms with Gasteiger partial charge in [0.25, 0.3) is 5.69 Å². The van der Waals surface area contributed by atoms with E-state index in [9.17, 15) is 14.9 Å². The highest BCUT2D eigenvalue weighted by molar-refractivity contribution is 6.36. The number of para-hydroxylation sites is 1. The van der Waals surface area contributed by atoms with Crippen LogP contribution in [0.2, 0.25) is 10.0 Å². The first-order valence-electron chi connectivity index (χ1n) is 6.15. The van der Waals surface area contributed by atoms with Crippen molar-refractivity contribution in [3.63, 3.8) is 0 Å². The van der Waals surface area contributed by atoms with Crippen LogP contribution >= 0.6 is 23.2 Å². The normalized spacial score (nSPS) is 10.6. The summed E-state index contributed by atoms with van der Waals surface area (Å²) in [4.78, 5) is 22.2. The van der Waals surface area contributed by atoms with Crippen LogP contribution in [0.4, 0.5) is 11.4 Å². The molecule has 0 spiro atoms. The Morgan fingerprint density at radius 3 is 2.59 bits per heavy atom. The van der Waals surface area contributed by atoms with E-state index in [1.165, 1.54) is 24.3 Å². The Morgan fingerprint density at radius 2 is 1.91 bits per heavy atom. The van der Waals surface area contributed by atoms with Crippen molar-refractivity contribution in [2.45, 2.75) is 0 Å². The van der Waals surface area contributed by atoms with E-state index in [4.69, 9.17) is 23.2 Å². The largest absolute Gasteiger partial charge is 0.321 e. The fourth-order valence-electron chi connectivity index (χ4n) is 1.73. The first kappa shape index (κ1) is 16.0. The Morgan fingerprint density at radius 1 is 1.18 bits per heavy atom. The highest BCUT2D eigenvalue weighted by atomic mass is 35.5. The zero-order valence-electron chi connectivity index (χ0n) is 11.1. The summed E-state index contributed by atoms with van der Waals surface area (Å²) < 4.78 is 0. The van der Waals surface area contributed by atoms with E-state index in [-0.39, 0.29) is 5.69 Å². The zero-order chi connectivity index (χ0) is 16.1. The van der Waals surface area contributed by atoms with Crippen LogP contribution in [0, 0.1) is 10.1 Å². The molecule has 0 unspecified atom stereocenters. The van der Waals surface area contributed by atoms with E-state index >= 15 is 0 Å². The summed E-state index contributed by atoms with van der Waals surface area (Å²) in [6.45, 7) is 0. The molecule has 1 amide bonds. The van der Waals surface area contributed by atoms with Gasteiger partial charge in [-0.3, -0.25) is 14.9 Å². The van der Waals surface area contributed by atoms with Crippen LogP contribution in [0.15, 0.2) is 48.5 Å². The van der Waals surface area contributed by atoms with Crippen molar-refractivity contribution < 1.29 is 9.72 Å². The van der Waals surface area contributed by atoms with Crippen molar-refractivity contribution in [3.05, 3.63) is 74.3 Å². The fourth-order valence-corrected chi connectivity index (χ4v) is 2.18. The second kappa shape index (κ2) is 7.06. The summed E-state index contributed by atoms with van der Waals surface area (Å²) >= 11 is 11.7. The van der Waals surface area contributed by atoms with Crippen molar-refractivity contribution in [1.29, 1.82) is 0 Å². The Kier molecular flexibility index (Phi) is 5.14. The van der Waals surface area contributed by atoms with Gasteiger partial charge in [0.15, 0.2) is 0 Å². The van der Waals surface area contributed by atoms with Gasteiger partial charge in [0, 0.05) is 17.2 Å². The smallest absolute Gasteiger partial charge is 0.276 e. The van der Waals surface area contributed by atoms with Crippen molar-refractivity contribution >= 4 is 46.6 Å². The van der Waals surface area contributed by atoms with Gasteiger partial charge >= 0.3 is 0 Å². The van der Waals surface area contributed by atoms with Gasteiger partial charge in [0.1, 0.15) is 0 Å². The molecule has 0 heterocycles. The SMILES string of the molecule is O=C(/C=C/c1ccccc1[N+](=O)[O-])Nc1ccc(Cl)cc1Cl. The molecule has 5 nitrogen and oxygen atoms in total. The average molecular weight is 337 g/mol. The highest BCUT2D eigenvalue weighted by Gasteiger charge is 2.10. The van der Waals surface area contributed by atoms with E-state index in [0.29, 0.717) is 21.3 Å². The number of amides is 1. The van der Waals surface area contributed by atoms with Gasteiger partial charge in [-0.25, -0.2) is 0 Å². The maximum Gasteiger partial charge on any atom is 0.276 e. The molecule has 2 rings (SSSR count). The molecule has 112 valence electrons. The van der Waals surface area contributed by atoms with Crippen LogP contribution in [0.5, 0.6) is 0 Å². The molecule has 0 bridgehead atoms. The number of hydrogen-bond acceptors (Lipinski definition) is 3. The molecule has 0 atom stereocenters. The number of hydrogen-bond donors (Lipinski definition) is 1. The molecule has 0 aliphatic heterocycles. The first-order valence-corrected chi connectivity index (χ1v) is 6.90. The van der Waals surface area contributed by atoms with Crippen molar-refractivity contribution in [2.75, 3.05) is 5.32 Å². The third-order valence-electron chi connectivity index (χ3n) is 2.74. The molecule has 0 aliphatic carbocycles. The lowest BCUT2D eigenvalue weighted by molar-refractivity contribution is -0.385. The first-order chi connectivity index (χ1) is 10.5. The van der Waals surface area contributed by atoms with Gasteiger partial charge in [0.05, 0.1) is 21.2 Å². The molecule has 0 radical (unpaired) electrons. The van der Waals surface area contributed by atoms with Gasteiger partial charge in [-0.15, -0.1) is 0 Å². The second-order valence-corrected chi connectivity index (χ2v) is 5.11. The molecule has 0 aromatic heterocycles. The number of nitrogens with one attached hydrogen (secondary N) is 1. The summed E-state index contributed by atoms with van der Waals surface area (Å²) in [7, 11) is 0. The third kappa shape index (κ3) is 4.07. The lowest BCUT2D eigenvalue weighted by atomic mass is 10.1. The molecule has 0 saturated carbocycles. The number of rotatable bonds is 4. The topological polar surface area (TPSA) is 72.2 Å². The van der Waals surface area contributed by atoms with Crippen molar-refractivity contribution in [3.8, 4) is 0 Å². The molecular weight excluding hydrogens is 327 g/mol. The molecule has 7 heteroatoms. The number of carbonyl (C=O) groups excluding carboxylic acids is 1. The summed E-state index contributed by atoms with van der Waals surface area (Å²) in [6.07, 6.45) is 2.57. The Balaban J connectivity index is 2.14. The Labute approximate surface area is 136 Å². The maximum absolute atomic E-state index is 11.8. The summed E-state index contributed by atoms with van der Waals surface area (Å²) in [5, 5.41) is 14.2. The van der Waals surface area contributed by atoms with Crippen LogP contribution in [0.1, 0.15) is 5.56 Å². The maximum atomic E-state index is 11.8. The second-order valence-electron chi connectivity index (χ2n) is 4.26. The van der Waals surface area contributed by atoms with Crippen LogP contribution < -0.4 is 5.32 Å². The predicted octanol–water partition coefficient (Wildman–Crippen LogP) is 4.55. The van der Waals surface area contributed by atoms with Gasteiger partial charge in [0.2, 0.25) is 5.91 Å². The minimum absolute atomic E-state index is 0.0731. The number of nitro groups is 1. The molecule has 2 aromatic carbocycles. The molecule has 2 aromatic rings. The zero-order valence-corrected chi connectivity index (χ0v) is 12.6. The standard InChI is InChI=1S/C15H10Cl2N2O3/c16-11-6-7-13(12(17)9-11)18-15(20)8-5-10-3-1-2-4-14(10)19(21)22/h1-9H,(H,18,20)/b8-5+. The van der Waals surface area contributed by atoms with Crippen LogP contribution in [0.3, 0.4) is 0 Å². The average Bonchev–Trinajstić information content (AvgIpc) is 2.48. The number of carbonyl (C=O) groups is 1. The summed E-state index contributed by atoms with van der Waals surface area (Å²) in [6, 6.07) is 10.8. The molecular formula is C15H10Cl2N2O3. The van der Waals surface area contributed by atoms with Crippen molar-refractivity contribution in [2.24, 2.45) is 0 Å². The van der Waals surface area contributed by atoms with E-state index in [0.717, 1.165) is 0 Å². The van der Waals surface area contributed by atoms with Crippen LogP contribution in [-0.2, 0) is 4.79 Å². The number of benzene rings is 2. The lowest BCUT2D eigenvalue weighted by Gasteiger charge is -2.04. The van der Waals surface area contributed by atoms with Crippen LogP contribution in [0.25, 0.3) is 6.08 Å². The highest BCUT2D eigenvalue weighted by Crippen LogP contribution is 2.25. The Hall–Kier alpha value is -2.37. The molecule has 0 saturated heterocycles. The molecule has 0 aliphatic rings. The van der Waals surface area contributed by atoms with Gasteiger partial charge in [-0.2, -0.15) is 0 Å². The number of nitrogens with zero attached hydrogens (tertiary/aromatic N) is 1. The Bertz CT molecular complexity index is 760. The minimum Gasteiger partial charge on any atom is -0.321 e. The third-order valence-corrected chi connectivity index (χ3v) is 3.28. The lowest BCUT2D eigenvalue weighted by Crippen LogP contribution is -2.08. The quantitative estimate of drug-likeness (QED) is 0.505.